The van der Waals surface area contributed by atoms with Crippen molar-refractivity contribution in [2.24, 2.45) is 0 Å². The molecule has 0 amide bonds. The van der Waals surface area contributed by atoms with Gasteiger partial charge in [0.25, 0.3) is 0 Å². The Labute approximate surface area is 71.9 Å². The molecular formula is C8H13ClO2. The van der Waals surface area contributed by atoms with Crippen LogP contribution in [0.15, 0.2) is 11.6 Å². The van der Waals surface area contributed by atoms with Crippen LogP contribution in [-0.4, -0.2) is 17.0 Å². The van der Waals surface area contributed by atoms with E-state index in [0.717, 1.165) is 6.42 Å². The van der Waals surface area contributed by atoms with E-state index in [9.17, 15) is 4.79 Å². The molecule has 11 heavy (non-hydrogen) atoms. The molecule has 0 aliphatic carbocycles. The minimum Gasteiger partial charge on any atom is -0.481 e. The highest BCUT2D eigenvalue weighted by Crippen LogP contribution is 2.06. The molecule has 0 radical (unpaired) electrons. The fourth-order valence-corrected chi connectivity index (χ4v) is 1.02. The molecule has 0 bridgehead atoms. The maximum atomic E-state index is 10.1. The molecule has 0 unspecified atom stereocenters. The molecule has 0 atom stereocenters. The van der Waals surface area contributed by atoms with E-state index in [1.54, 1.807) is 0 Å². The fraction of sp³-hybridized carbons (Fsp3) is 0.625. The normalized spacial score (nSPS) is 11.6. The number of aliphatic carboxylic acids is 1. The Morgan fingerprint density at radius 1 is 1.55 bits per heavy atom. The summed E-state index contributed by atoms with van der Waals surface area (Å²) in [5.41, 5.74) is 1.17. The molecule has 2 nitrogen and oxygen atoms in total. The highest BCUT2D eigenvalue weighted by Gasteiger charge is 1.96. The molecular weight excluding hydrogens is 164 g/mol. The van der Waals surface area contributed by atoms with Gasteiger partial charge in [-0.25, -0.2) is 0 Å². The Morgan fingerprint density at radius 3 is 2.64 bits per heavy atom. The molecule has 0 aliphatic heterocycles. The summed E-state index contributed by atoms with van der Waals surface area (Å²) in [4.78, 5) is 10.1. The lowest BCUT2D eigenvalue weighted by atomic mass is 10.1. The van der Waals surface area contributed by atoms with Crippen LogP contribution in [-0.2, 0) is 4.79 Å². The van der Waals surface area contributed by atoms with Crippen LogP contribution in [0.2, 0.25) is 0 Å². The maximum Gasteiger partial charge on any atom is 0.303 e. The predicted molar refractivity (Wildman–Crippen MR) is 46.0 cm³/mol. The van der Waals surface area contributed by atoms with Crippen molar-refractivity contribution in [3.8, 4) is 0 Å². The zero-order valence-corrected chi connectivity index (χ0v) is 7.40. The van der Waals surface area contributed by atoms with Gasteiger partial charge in [-0.1, -0.05) is 11.6 Å². The van der Waals surface area contributed by atoms with Crippen LogP contribution in [0.1, 0.15) is 26.2 Å². The second-order valence-corrected chi connectivity index (χ2v) is 2.76. The van der Waals surface area contributed by atoms with E-state index < -0.39 is 5.97 Å². The standard InChI is InChI=1S/C8H13ClO2/c1-7(5-6-9)3-2-4-8(10)11/h5H,2-4,6H2,1H3,(H,10,11)/b7-5+. The summed E-state index contributed by atoms with van der Waals surface area (Å²) >= 11 is 5.45. The molecule has 0 saturated carbocycles. The van der Waals surface area contributed by atoms with Gasteiger partial charge < -0.3 is 5.11 Å². The van der Waals surface area contributed by atoms with Crippen molar-refractivity contribution in [3.05, 3.63) is 11.6 Å². The van der Waals surface area contributed by atoms with Crippen LogP contribution in [0.25, 0.3) is 0 Å². The molecule has 0 saturated heterocycles. The largest absolute Gasteiger partial charge is 0.481 e. The first kappa shape index (κ1) is 10.5. The van der Waals surface area contributed by atoms with Gasteiger partial charge in [0.1, 0.15) is 0 Å². The van der Waals surface area contributed by atoms with Crippen molar-refractivity contribution in [2.45, 2.75) is 26.2 Å². The lowest BCUT2D eigenvalue weighted by Gasteiger charge is -1.96. The first-order chi connectivity index (χ1) is 5.16. The van der Waals surface area contributed by atoms with E-state index in [-0.39, 0.29) is 6.42 Å². The predicted octanol–water partition coefficient (Wildman–Crippen LogP) is 2.43. The van der Waals surface area contributed by atoms with Crippen molar-refractivity contribution in [2.75, 3.05) is 5.88 Å². The average Bonchev–Trinajstić information content (AvgIpc) is 1.87. The third kappa shape index (κ3) is 7.40. The number of allylic oxidation sites excluding steroid dienone is 2. The quantitative estimate of drug-likeness (QED) is 0.516. The third-order valence-corrected chi connectivity index (χ3v) is 1.54. The number of hydrogen-bond donors (Lipinski definition) is 1. The summed E-state index contributed by atoms with van der Waals surface area (Å²) in [6, 6.07) is 0. The minimum absolute atomic E-state index is 0.244. The van der Waals surface area contributed by atoms with Gasteiger partial charge in [-0.2, -0.15) is 0 Å². The van der Waals surface area contributed by atoms with Crippen LogP contribution >= 0.6 is 11.6 Å². The van der Waals surface area contributed by atoms with Gasteiger partial charge in [0.15, 0.2) is 0 Å². The molecule has 0 spiro atoms. The van der Waals surface area contributed by atoms with Crippen molar-refractivity contribution in [1.29, 1.82) is 0 Å². The van der Waals surface area contributed by atoms with Crippen LogP contribution in [0.5, 0.6) is 0 Å². The minimum atomic E-state index is -0.733. The first-order valence-corrected chi connectivity index (χ1v) is 4.13. The van der Waals surface area contributed by atoms with Crippen LogP contribution in [0.4, 0.5) is 0 Å². The van der Waals surface area contributed by atoms with E-state index in [4.69, 9.17) is 16.7 Å². The van der Waals surface area contributed by atoms with E-state index in [1.165, 1.54) is 5.57 Å². The van der Waals surface area contributed by atoms with Gasteiger partial charge in [-0.15, -0.1) is 11.6 Å². The Morgan fingerprint density at radius 2 is 2.18 bits per heavy atom. The fourth-order valence-electron chi connectivity index (χ4n) is 0.752. The molecule has 0 rings (SSSR count). The Bertz CT molecular complexity index is 152. The maximum absolute atomic E-state index is 10.1. The summed E-state index contributed by atoms with van der Waals surface area (Å²) in [6.45, 7) is 1.96. The van der Waals surface area contributed by atoms with Gasteiger partial charge in [0.05, 0.1) is 0 Å². The highest BCUT2D eigenvalue weighted by atomic mass is 35.5. The molecule has 0 heterocycles. The van der Waals surface area contributed by atoms with Gasteiger partial charge in [0, 0.05) is 12.3 Å². The number of alkyl halides is 1. The topological polar surface area (TPSA) is 37.3 Å². The van der Waals surface area contributed by atoms with Crippen molar-refractivity contribution in [1.82, 2.24) is 0 Å². The molecule has 64 valence electrons. The van der Waals surface area contributed by atoms with Crippen LogP contribution in [0, 0.1) is 0 Å². The van der Waals surface area contributed by atoms with Crippen molar-refractivity contribution in [3.63, 3.8) is 0 Å². The summed E-state index contributed by atoms with van der Waals surface area (Å²) in [6.07, 6.45) is 3.68. The van der Waals surface area contributed by atoms with Gasteiger partial charge >= 0.3 is 5.97 Å². The SMILES string of the molecule is C/C(=C\CCl)CCCC(=O)O. The van der Waals surface area contributed by atoms with E-state index in [1.807, 2.05) is 13.0 Å². The monoisotopic (exact) mass is 176 g/mol. The van der Waals surface area contributed by atoms with E-state index in [0.29, 0.717) is 12.3 Å². The lowest BCUT2D eigenvalue weighted by Crippen LogP contribution is -1.93. The van der Waals surface area contributed by atoms with E-state index >= 15 is 0 Å². The van der Waals surface area contributed by atoms with Gasteiger partial charge in [-0.3, -0.25) is 4.79 Å². The van der Waals surface area contributed by atoms with E-state index in [2.05, 4.69) is 0 Å². The Balaban J connectivity index is 3.38. The molecule has 0 aromatic rings. The lowest BCUT2D eigenvalue weighted by molar-refractivity contribution is -0.137. The number of halogens is 1. The summed E-state index contributed by atoms with van der Waals surface area (Å²) in [7, 11) is 0. The molecule has 0 aliphatic rings. The number of carboxylic acid groups (broad SMARTS) is 1. The first-order valence-electron chi connectivity index (χ1n) is 3.60. The number of hydrogen-bond acceptors (Lipinski definition) is 1. The molecule has 0 aromatic carbocycles. The summed E-state index contributed by atoms with van der Waals surface area (Å²) in [5.74, 6) is -0.220. The number of rotatable bonds is 5. The average molecular weight is 177 g/mol. The highest BCUT2D eigenvalue weighted by molar-refractivity contribution is 6.18. The smallest absolute Gasteiger partial charge is 0.303 e. The second kappa shape index (κ2) is 6.23. The second-order valence-electron chi connectivity index (χ2n) is 2.45. The van der Waals surface area contributed by atoms with Gasteiger partial charge in [-0.05, 0) is 19.8 Å². The molecule has 0 fully saturated rings. The van der Waals surface area contributed by atoms with Crippen LogP contribution in [0.3, 0.4) is 0 Å². The number of carbonyl (C=O) groups is 1. The summed E-state index contributed by atoms with van der Waals surface area (Å²) in [5, 5.41) is 8.31. The van der Waals surface area contributed by atoms with Gasteiger partial charge in [0.2, 0.25) is 0 Å². The van der Waals surface area contributed by atoms with Crippen molar-refractivity contribution >= 4 is 17.6 Å². The summed E-state index contributed by atoms with van der Waals surface area (Å²) < 4.78 is 0. The van der Waals surface area contributed by atoms with Crippen LogP contribution < -0.4 is 0 Å². The zero-order valence-electron chi connectivity index (χ0n) is 6.64. The molecule has 3 heteroatoms. The molecule has 0 aromatic heterocycles. The van der Waals surface area contributed by atoms with Crippen molar-refractivity contribution < 1.29 is 9.90 Å². The zero-order chi connectivity index (χ0) is 8.69. The Kier molecular flexibility index (Phi) is 5.94. The Hall–Kier alpha value is -0.500. The third-order valence-electron chi connectivity index (χ3n) is 1.39. The molecule has 1 N–H and O–H groups in total. The number of carboxylic acids is 1.